The molecule has 0 saturated carbocycles. The fourth-order valence-electron chi connectivity index (χ4n) is 4.14. The van der Waals surface area contributed by atoms with Crippen molar-refractivity contribution in [3.8, 4) is 11.4 Å². The van der Waals surface area contributed by atoms with E-state index < -0.39 is 0 Å². The normalized spacial score (nSPS) is 23.4. The van der Waals surface area contributed by atoms with Crippen molar-refractivity contribution < 1.29 is 9.59 Å². The molecule has 0 unspecified atom stereocenters. The Morgan fingerprint density at radius 1 is 1.29 bits per heavy atom. The molecular formula is C21H25N5O2. The van der Waals surface area contributed by atoms with E-state index in [1.54, 1.807) is 24.3 Å². The molecule has 2 aromatic rings. The molecule has 1 aliphatic carbocycles. The van der Waals surface area contributed by atoms with E-state index in [0.29, 0.717) is 12.4 Å². The number of pyridine rings is 1. The third-order valence-electron chi connectivity index (χ3n) is 5.64. The first-order valence-corrected chi connectivity index (χ1v) is 9.63. The molecule has 2 atom stereocenters. The molecule has 1 saturated heterocycles. The Bertz CT molecular complexity index is 912. The predicted molar refractivity (Wildman–Crippen MR) is 104 cm³/mol. The molecule has 3 heterocycles. The topological polar surface area (TPSA) is 88.1 Å². The highest BCUT2D eigenvalue weighted by Gasteiger charge is 2.37. The first-order valence-electron chi connectivity index (χ1n) is 9.63. The molecule has 2 aromatic heterocycles. The summed E-state index contributed by atoms with van der Waals surface area (Å²) in [7, 11) is 1.74. The molecule has 0 aromatic carbocycles. The molecule has 1 N–H and O–H groups in total. The van der Waals surface area contributed by atoms with Crippen molar-refractivity contribution in [2.75, 3.05) is 13.6 Å². The maximum Gasteiger partial charge on any atom is 0.225 e. The van der Waals surface area contributed by atoms with Crippen LogP contribution in [-0.2, 0) is 16.0 Å². The van der Waals surface area contributed by atoms with Crippen LogP contribution in [-0.4, -0.2) is 45.3 Å². The van der Waals surface area contributed by atoms with Crippen LogP contribution >= 0.6 is 0 Å². The molecule has 7 heteroatoms. The van der Waals surface area contributed by atoms with Crippen molar-refractivity contribution in [1.29, 1.82) is 0 Å². The number of amides is 2. The van der Waals surface area contributed by atoms with Crippen molar-refractivity contribution in [2.45, 2.75) is 39.2 Å². The lowest BCUT2D eigenvalue weighted by Gasteiger charge is -2.37. The monoisotopic (exact) mass is 379 g/mol. The van der Waals surface area contributed by atoms with Gasteiger partial charge in [-0.15, -0.1) is 0 Å². The molecule has 2 aliphatic rings. The number of nitrogens with zero attached hydrogens (tertiary/aromatic N) is 4. The molecule has 0 spiro atoms. The van der Waals surface area contributed by atoms with Gasteiger partial charge in [-0.2, -0.15) is 0 Å². The molecular weight excluding hydrogens is 354 g/mol. The van der Waals surface area contributed by atoms with Crippen LogP contribution in [0, 0.1) is 11.3 Å². The second-order valence-corrected chi connectivity index (χ2v) is 8.61. The lowest BCUT2D eigenvalue weighted by atomic mass is 9.74. The zero-order valence-electron chi connectivity index (χ0n) is 16.5. The summed E-state index contributed by atoms with van der Waals surface area (Å²) in [5.74, 6) is 0.342. The van der Waals surface area contributed by atoms with Gasteiger partial charge < -0.3 is 10.2 Å². The van der Waals surface area contributed by atoms with Crippen LogP contribution in [0.5, 0.6) is 0 Å². The zero-order chi connectivity index (χ0) is 19.9. The molecule has 4 rings (SSSR count). The fourth-order valence-corrected chi connectivity index (χ4v) is 4.14. The van der Waals surface area contributed by atoms with E-state index in [1.165, 1.54) is 0 Å². The van der Waals surface area contributed by atoms with Crippen LogP contribution in [0.3, 0.4) is 0 Å². The third-order valence-corrected chi connectivity index (χ3v) is 5.64. The SMILES string of the molecule is CN1C[C@H](C(=O)N[C@@H]2CC(C)(C)Cc3nc(-c4ccncc4)ncc32)CC1=O. The van der Waals surface area contributed by atoms with Gasteiger partial charge in [0, 0.05) is 49.7 Å². The second-order valence-electron chi connectivity index (χ2n) is 8.61. The van der Waals surface area contributed by atoms with Gasteiger partial charge in [-0.1, -0.05) is 13.8 Å². The summed E-state index contributed by atoms with van der Waals surface area (Å²) in [6, 6.07) is 3.64. The smallest absolute Gasteiger partial charge is 0.225 e. The molecule has 7 nitrogen and oxygen atoms in total. The number of carbonyl (C=O) groups is 2. The zero-order valence-corrected chi connectivity index (χ0v) is 16.5. The number of nitrogens with one attached hydrogen (secondary N) is 1. The average Bonchev–Trinajstić information content (AvgIpc) is 3.00. The predicted octanol–water partition coefficient (Wildman–Crippen LogP) is 2.15. The van der Waals surface area contributed by atoms with Crippen LogP contribution in [0.4, 0.5) is 0 Å². The van der Waals surface area contributed by atoms with E-state index >= 15 is 0 Å². The number of likely N-dealkylation sites (tertiary alicyclic amines) is 1. The molecule has 0 radical (unpaired) electrons. The third kappa shape index (κ3) is 3.61. The van der Waals surface area contributed by atoms with Crippen molar-refractivity contribution in [3.05, 3.63) is 42.0 Å². The Labute approximate surface area is 164 Å². The van der Waals surface area contributed by atoms with Crippen molar-refractivity contribution in [2.24, 2.45) is 11.3 Å². The van der Waals surface area contributed by atoms with E-state index in [0.717, 1.165) is 29.7 Å². The Balaban J connectivity index is 1.60. The van der Waals surface area contributed by atoms with Gasteiger partial charge in [0.15, 0.2) is 5.82 Å². The Hall–Kier alpha value is -2.83. The molecule has 1 aliphatic heterocycles. The van der Waals surface area contributed by atoms with Crippen molar-refractivity contribution >= 4 is 11.8 Å². The minimum absolute atomic E-state index is 0.0110. The highest BCUT2D eigenvalue weighted by Crippen LogP contribution is 2.40. The summed E-state index contributed by atoms with van der Waals surface area (Å²) in [6.45, 7) is 4.86. The second kappa shape index (κ2) is 6.96. The minimum Gasteiger partial charge on any atom is -0.349 e. The highest BCUT2D eigenvalue weighted by molar-refractivity contribution is 5.89. The van der Waals surface area contributed by atoms with Gasteiger partial charge in [-0.25, -0.2) is 9.97 Å². The lowest BCUT2D eigenvalue weighted by Crippen LogP contribution is -2.40. The maximum absolute atomic E-state index is 12.8. The first kappa shape index (κ1) is 18.5. The van der Waals surface area contributed by atoms with Crippen LogP contribution in [0.15, 0.2) is 30.7 Å². The van der Waals surface area contributed by atoms with Gasteiger partial charge in [0.2, 0.25) is 11.8 Å². The number of carbonyl (C=O) groups excluding carboxylic acids is 2. The van der Waals surface area contributed by atoms with Gasteiger partial charge in [-0.3, -0.25) is 14.6 Å². The van der Waals surface area contributed by atoms with E-state index in [1.807, 2.05) is 18.3 Å². The summed E-state index contributed by atoms with van der Waals surface area (Å²) in [6.07, 6.45) is 7.23. The molecule has 146 valence electrons. The van der Waals surface area contributed by atoms with Crippen LogP contribution in [0.2, 0.25) is 0 Å². The summed E-state index contributed by atoms with van der Waals surface area (Å²) in [5, 5.41) is 3.17. The van der Waals surface area contributed by atoms with Crippen molar-refractivity contribution in [3.63, 3.8) is 0 Å². The maximum atomic E-state index is 12.8. The van der Waals surface area contributed by atoms with Gasteiger partial charge in [0.1, 0.15) is 0 Å². The summed E-state index contributed by atoms with van der Waals surface area (Å²) >= 11 is 0. The van der Waals surface area contributed by atoms with Gasteiger partial charge in [0.25, 0.3) is 0 Å². The van der Waals surface area contributed by atoms with Crippen LogP contribution in [0.1, 0.15) is 44.0 Å². The molecule has 2 amide bonds. The van der Waals surface area contributed by atoms with Crippen LogP contribution in [0.25, 0.3) is 11.4 Å². The number of aromatic nitrogens is 3. The van der Waals surface area contributed by atoms with Crippen LogP contribution < -0.4 is 5.32 Å². The van der Waals surface area contributed by atoms with Gasteiger partial charge in [-0.05, 0) is 30.4 Å². The quantitative estimate of drug-likeness (QED) is 0.883. The summed E-state index contributed by atoms with van der Waals surface area (Å²) < 4.78 is 0. The van der Waals surface area contributed by atoms with Gasteiger partial charge in [0.05, 0.1) is 17.7 Å². The highest BCUT2D eigenvalue weighted by atomic mass is 16.2. The fraction of sp³-hybridized carbons (Fsp3) is 0.476. The lowest BCUT2D eigenvalue weighted by molar-refractivity contribution is -0.128. The average molecular weight is 379 g/mol. The number of fused-ring (bicyclic) bond motifs is 1. The van der Waals surface area contributed by atoms with Crippen molar-refractivity contribution in [1.82, 2.24) is 25.2 Å². The molecule has 28 heavy (non-hydrogen) atoms. The summed E-state index contributed by atoms with van der Waals surface area (Å²) in [4.78, 5) is 39.6. The number of hydrogen-bond acceptors (Lipinski definition) is 5. The Morgan fingerprint density at radius 2 is 2.04 bits per heavy atom. The largest absolute Gasteiger partial charge is 0.349 e. The van der Waals surface area contributed by atoms with Gasteiger partial charge >= 0.3 is 0 Å². The van der Waals surface area contributed by atoms with E-state index in [4.69, 9.17) is 4.98 Å². The van der Waals surface area contributed by atoms with E-state index in [9.17, 15) is 9.59 Å². The Morgan fingerprint density at radius 3 is 2.71 bits per heavy atom. The number of rotatable bonds is 3. The Kier molecular flexibility index (Phi) is 4.61. The molecule has 1 fully saturated rings. The van der Waals surface area contributed by atoms with E-state index in [2.05, 4.69) is 29.1 Å². The standard InChI is InChI=1S/C21H25N5O2/c1-21(2)9-16-15(11-23-19(24-16)13-4-6-22-7-5-13)17(10-21)25-20(28)14-8-18(27)26(3)12-14/h4-7,11,14,17H,8-10,12H2,1-3H3,(H,25,28)/t14-,17-/m1/s1. The first-order chi connectivity index (χ1) is 13.3. The minimum atomic E-state index is -0.289. The summed E-state index contributed by atoms with van der Waals surface area (Å²) in [5.41, 5.74) is 2.89. The van der Waals surface area contributed by atoms with E-state index in [-0.39, 0.29) is 35.6 Å². The molecule has 0 bridgehead atoms. The number of hydrogen-bond donors (Lipinski definition) is 1.